The highest BCUT2D eigenvalue weighted by molar-refractivity contribution is 7.80. The Labute approximate surface area is 158 Å². The van der Waals surface area contributed by atoms with Crippen LogP contribution in [0.3, 0.4) is 0 Å². The number of amides is 1. The first kappa shape index (κ1) is 20.2. The number of ether oxygens (including phenoxy) is 2. The number of hydrogen-bond acceptors (Lipinski definition) is 8. The molecule has 0 spiro atoms. The Kier molecular flexibility index (Phi) is 7.45. The van der Waals surface area contributed by atoms with Gasteiger partial charge in [0.25, 0.3) is 0 Å². The summed E-state index contributed by atoms with van der Waals surface area (Å²) in [5.41, 5.74) is 0.703. The number of hydrogen-bond donors (Lipinski definition) is 2. The summed E-state index contributed by atoms with van der Waals surface area (Å²) in [4.78, 5) is 14.7. The van der Waals surface area contributed by atoms with Crippen molar-refractivity contribution in [1.82, 2.24) is 15.5 Å². The van der Waals surface area contributed by atoms with Gasteiger partial charge in [0.15, 0.2) is 5.11 Å². The number of methoxy groups -OCH3 is 1. The number of rotatable bonds is 5. The molecule has 2 N–H and O–H groups in total. The van der Waals surface area contributed by atoms with E-state index in [2.05, 4.69) is 15.0 Å². The molecule has 1 aliphatic rings. The third-order valence-corrected chi connectivity index (χ3v) is 4.47. The zero-order chi connectivity index (χ0) is 19.1. The number of benzene rings is 1. The van der Waals surface area contributed by atoms with Gasteiger partial charge in [-0.2, -0.15) is 8.42 Å². The minimum Gasteiger partial charge on any atom is -0.494 e. The fourth-order valence-corrected chi connectivity index (χ4v) is 3.04. The average molecular weight is 400 g/mol. The van der Waals surface area contributed by atoms with E-state index in [-0.39, 0.29) is 16.7 Å². The van der Waals surface area contributed by atoms with E-state index in [0.29, 0.717) is 37.6 Å². The van der Waals surface area contributed by atoms with Crippen LogP contribution in [-0.4, -0.2) is 64.8 Å². The highest BCUT2D eigenvalue weighted by Gasteiger charge is 2.30. The predicted octanol–water partition coefficient (Wildman–Crippen LogP) is 0.383. The second-order valence-corrected chi connectivity index (χ2v) is 6.38. The SMILES string of the molecule is CNC(=S)NC(=O)C(c1ccc(OC)c(N=S(=O)=O)c1)N1CCOCC1. The standard InChI is InChI=1S/C15H20N4O5S2/c1-16-15(25)17-14(20)13(19-5-7-24-8-6-19)10-3-4-12(23-2)11(9-10)18-26(21)22/h3-4,9,13H,5-8H2,1-2H3,(H2,16,17,20,25). The van der Waals surface area contributed by atoms with E-state index in [1.165, 1.54) is 13.2 Å². The van der Waals surface area contributed by atoms with Crippen LogP contribution < -0.4 is 15.4 Å². The Bertz CT molecular complexity index is 798. The quantitative estimate of drug-likeness (QED) is 0.683. The lowest BCUT2D eigenvalue weighted by Crippen LogP contribution is -2.48. The molecule has 1 heterocycles. The summed E-state index contributed by atoms with van der Waals surface area (Å²) in [6.45, 7) is 2.10. The number of nitrogens with one attached hydrogen (secondary N) is 2. The molecule has 1 atom stereocenters. The van der Waals surface area contributed by atoms with Crippen LogP contribution in [0.2, 0.25) is 0 Å². The van der Waals surface area contributed by atoms with Gasteiger partial charge in [-0.15, -0.1) is 4.36 Å². The first-order chi connectivity index (χ1) is 12.5. The topological polar surface area (TPSA) is 109 Å². The lowest BCUT2D eigenvalue weighted by molar-refractivity contribution is -0.127. The summed E-state index contributed by atoms with van der Waals surface area (Å²) in [5, 5.41) is 5.53. The molecule has 26 heavy (non-hydrogen) atoms. The molecule has 11 heteroatoms. The van der Waals surface area contributed by atoms with Crippen LogP contribution in [0, 0.1) is 0 Å². The Hall–Kier alpha value is -2.08. The van der Waals surface area contributed by atoms with E-state index in [0.717, 1.165) is 0 Å². The Morgan fingerprint density at radius 2 is 2.08 bits per heavy atom. The van der Waals surface area contributed by atoms with E-state index in [1.807, 2.05) is 4.90 Å². The minimum atomic E-state index is -2.65. The van der Waals surface area contributed by atoms with Gasteiger partial charge in [-0.3, -0.25) is 9.69 Å². The molecule has 9 nitrogen and oxygen atoms in total. The Morgan fingerprint density at radius 3 is 2.65 bits per heavy atom. The average Bonchev–Trinajstić information content (AvgIpc) is 2.62. The van der Waals surface area contributed by atoms with Gasteiger partial charge in [0.05, 0.1) is 20.3 Å². The van der Waals surface area contributed by atoms with Gasteiger partial charge in [-0.1, -0.05) is 6.07 Å². The molecule has 1 aromatic carbocycles. The van der Waals surface area contributed by atoms with Crippen LogP contribution in [0.4, 0.5) is 5.69 Å². The molecular weight excluding hydrogens is 380 g/mol. The van der Waals surface area contributed by atoms with Crippen molar-refractivity contribution in [3.05, 3.63) is 23.8 Å². The van der Waals surface area contributed by atoms with E-state index >= 15 is 0 Å². The molecule has 142 valence electrons. The van der Waals surface area contributed by atoms with Crippen molar-refractivity contribution in [2.45, 2.75) is 6.04 Å². The third kappa shape index (κ3) is 5.21. The maximum absolute atomic E-state index is 12.8. The van der Waals surface area contributed by atoms with E-state index in [9.17, 15) is 13.2 Å². The summed E-state index contributed by atoms with van der Waals surface area (Å²) >= 11 is 5.02. The molecule has 1 aromatic rings. The lowest BCUT2D eigenvalue weighted by atomic mass is 10.0. The second kappa shape index (κ2) is 9.57. The van der Waals surface area contributed by atoms with Crippen molar-refractivity contribution in [3.8, 4) is 5.75 Å². The lowest BCUT2D eigenvalue weighted by Gasteiger charge is -2.33. The van der Waals surface area contributed by atoms with Crippen LogP contribution >= 0.6 is 12.2 Å². The molecule has 1 amide bonds. The van der Waals surface area contributed by atoms with E-state index in [1.54, 1.807) is 19.2 Å². The van der Waals surface area contributed by atoms with Gasteiger partial charge < -0.3 is 20.1 Å². The van der Waals surface area contributed by atoms with Crippen LogP contribution in [0.15, 0.2) is 22.6 Å². The number of morpholine rings is 1. The summed E-state index contributed by atoms with van der Waals surface area (Å²) in [5.74, 6) is -0.0320. The first-order valence-electron chi connectivity index (χ1n) is 7.79. The zero-order valence-electron chi connectivity index (χ0n) is 14.4. The molecule has 1 fully saturated rings. The predicted molar refractivity (Wildman–Crippen MR) is 98.9 cm³/mol. The van der Waals surface area contributed by atoms with E-state index in [4.69, 9.17) is 21.7 Å². The molecule has 1 saturated heterocycles. The molecule has 1 unspecified atom stereocenters. The maximum atomic E-state index is 12.8. The fourth-order valence-electron chi connectivity index (χ4n) is 2.64. The Morgan fingerprint density at radius 1 is 1.38 bits per heavy atom. The number of carbonyl (C=O) groups excluding carboxylic acids is 1. The molecule has 0 aliphatic carbocycles. The molecule has 2 rings (SSSR count). The molecule has 1 aliphatic heterocycles. The molecule has 0 aromatic heterocycles. The monoisotopic (exact) mass is 400 g/mol. The zero-order valence-corrected chi connectivity index (χ0v) is 16.0. The summed E-state index contributed by atoms with van der Waals surface area (Å²) < 4.78 is 36.0. The number of nitrogens with zero attached hydrogens (tertiary/aromatic N) is 2. The summed E-state index contributed by atoms with van der Waals surface area (Å²) in [6, 6.07) is 4.13. The molecule has 0 saturated carbocycles. The van der Waals surface area contributed by atoms with Crippen molar-refractivity contribution in [2.24, 2.45) is 4.36 Å². The number of carbonyl (C=O) groups is 1. The van der Waals surface area contributed by atoms with Crippen molar-refractivity contribution in [3.63, 3.8) is 0 Å². The van der Waals surface area contributed by atoms with Crippen LogP contribution in [0.25, 0.3) is 0 Å². The van der Waals surface area contributed by atoms with Crippen molar-refractivity contribution >= 4 is 39.4 Å². The highest BCUT2D eigenvalue weighted by atomic mass is 32.2. The number of thiocarbonyl (C=S) groups is 1. The highest BCUT2D eigenvalue weighted by Crippen LogP contribution is 2.32. The van der Waals surface area contributed by atoms with Crippen LogP contribution in [0.5, 0.6) is 5.75 Å². The minimum absolute atomic E-state index is 0.126. The van der Waals surface area contributed by atoms with Crippen molar-refractivity contribution in [1.29, 1.82) is 0 Å². The normalized spacial score (nSPS) is 15.6. The first-order valence-corrected chi connectivity index (χ1v) is 9.23. The van der Waals surface area contributed by atoms with Crippen LogP contribution in [-0.2, 0) is 20.0 Å². The van der Waals surface area contributed by atoms with Gasteiger partial charge in [0, 0.05) is 20.1 Å². The fraction of sp³-hybridized carbons (Fsp3) is 0.467. The van der Waals surface area contributed by atoms with Gasteiger partial charge >= 0.3 is 10.5 Å². The third-order valence-electron chi connectivity index (χ3n) is 3.81. The second-order valence-electron chi connectivity index (χ2n) is 5.36. The van der Waals surface area contributed by atoms with Gasteiger partial charge in [0.1, 0.15) is 17.5 Å². The largest absolute Gasteiger partial charge is 0.494 e. The maximum Gasteiger partial charge on any atom is 0.316 e. The Balaban J connectivity index is 2.45. The van der Waals surface area contributed by atoms with Crippen molar-refractivity contribution in [2.75, 3.05) is 40.5 Å². The van der Waals surface area contributed by atoms with Gasteiger partial charge in [-0.25, -0.2) is 0 Å². The van der Waals surface area contributed by atoms with Gasteiger partial charge in [0.2, 0.25) is 5.91 Å². The summed E-state index contributed by atoms with van der Waals surface area (Å²) in [7, 11) is 0.382. The molecule has 0 radical (unpaired) electrons. The van der Waals surface area contributed by atoms with Crippen molar-refractivity contribution < 1.29 is 22.7 Å². The molecule has 0 bridgehead atoms. The van der Waals surface area contributed by atoms with Gasteiger partial charge in [-0.05, 0) is 29.9 Å². The summed E-state index contributed by atoms with van der Waals surface area (Å²) in [6.07, 6.45) is 0. The molecular formula is C15H20N4O5S2. The van der Waals surface area contributed by atoms with E-state index < -0.39 is 16.5 Å². The smallest absolute Gasteiger partial charge is 0.316 e. The van der Waals surface area contributed by atoms with Crippen LogP contribution in [0.1, 0.15) is 11.6 Å².